The molecule has 1 amide bonds. The van der Waals surface area contributed by atoms with Crippen LogP contribution in [0, 0.1) is 12.8 Å². The Labute approximate surface area is 121 Å². The highest BCUT2D eigenvalue weighted by atomic mass is 79.9. The quantitative estimate of drug-likeness (QED) is 0.844. The van der Waals surface area contributed by atoms with Crippen molar-refractivity contribution in [1.82, 2.24) is 5.32 Å². The molecule has 104 valence electrons. The van der Waals surface area contributed by atoms with Gasteiger partial charge in [-0.05, 0) is 37.1 Å². The average molecular weight is 328 g/mol. The number of rotatable bonds is 6. The Kier molecular flexibility index (Phi) is 6.02. The van der Waals surface area contributed by atoms with Crippen LogP contribution < -0.4 is 5.32 Å². The molecule has 1 atom stereocenters. The Morgan fingerprint density at radius 1 is 1.37 bits per heavy atom. The number of carboxylic acids is 1. The maximum absolute atomic E-state index is 12.0. The first-order valence-electron chi connectivity index (χ1n) is 6.22. The molecule has 5 heteroatoms. The summed E-state index contributed by atoms with van der Waals surface area (Å²) in [5, 5.41) is 11.7. The highest BCUT2D eigenvalue weighted by Gasteiger charge is 2.17. The third-order valence-corrected chi connectivity index (χ3v) is 3.26. The Morgan fingerprint density at radius 2 is 2.05 bits per heavy atom. The standard InChI is InChI=1S/C14H18BrNO3/c1-3-4-10(14(18)19)8-16-13(17)11-5-9(2)6-12(15)7-11/h5-7,10H,3-4,8H2,1-2H3,(H,16,17)(H,18,19). The highest BCUT2D eigenvalue weighted by molar-refractivity contribution is 9.10. The van der Waals surface area contributed by atoms with Crippen LogP contribution in [0.2, 0.25) is 0 Å². The van der Waals surface area contributed by atoms with Crippen molar-refractivity contribution in [3.63, 3.8) is 0 Å². The molecule has 0 aromatic heterocycles. The first kappa shape index (κ1) is 15.7. The van der Waals surface area contributed by atoms with Crippen molar-refractivity contribution in [2.75, 3.05) is 6.54 Å². The Hall–Kier alpha value is -1.36. The Bertz CT molecular complexity index is 454. The molecule has 1 aromatic rings. The van der Waals surface area contributed by atoms with Crippen LogP contribution in [0.15, 0.2) is 22.7 Å². The summed E-state index contributed by atoms with van der Waals surface area (Å²) in [6.45, 7) is 3.99. The third kappa shape index (κ3) is 5.03. The number of aryl methyl sites for hydroxylation is 1. The fourth-order valence-electron chi connectivity index (χ4n) is 1.85. The largest absolute Gasteiger partial charge is 0.481 e. The van der Waals surface area contributed by atoms with E-state index in [0.717, 1.165) is 16.5 Å². The molecule has 0 aliphatic heterocycles. The lowest BCUT2D eigenvalue weighted by Crippen LogP contribution is -2.32. The number of halogens is 1. The van der Waals surface area contributed by atoms with Crippen LogP contribution in [0.3, 0.4) is 0 Å². The summed E-state index contributed by atoms with van der Waals surface area (Å²) < 4.78 is 0.834. The number of hydrogen-bond acceptors (Lipinski definition) is 2. The summed E-state index contributed by atoms with van der Waals surface area (Å²) in [5.74, 6) is -1.64. The van der Waals surface area contributed by atoms with Crippen LogP contribution in [-0.2, 0) is 4.79 Å². The molecule has 0 spiro atoms. The van der Waals surface area contributed by atoms with Gasteiger partial charge in [-0.15, -0.1) is 0 Å². The smallest absolute Gasteiger partial charge is 0.308 e. The molecule has 0 aliphatic carbocycles. The maximum atomic E-state index is 12.0. The van der Waals surface area contributed by atoms with Crippen molar-refractivity contribution in [3.05, 3.63) is 33.8 Å². The average Bonchev–Trinajstić information content (AvgIpc) is 2.32. The van der Waals surface area contributed by atoms with Crippen molar-refractivity contribution in [2.24, 2.45) is 5.92 Å². The van der Waals surface area contributed by atoms with E-state index in [0.29, 0.717) is 12.0 Å². The summed E-state index contributed by atoms with van der Waals surface area (Å²) in [6, 6.07) is 5.40. The van der Waals surface area contributed by atoms with E-state index < -0.39 is 11.9 Å². The molecular formula is C14H18BrNO3. The van der Waals surface area contributed by atoms with E-state index in [2.05, 4.69) is 21.2 Å². The molecule has 1 aromatic carbocycles. The van der Waals surface area contributed by atoms with Crippen LogP contribution in [0.25, 0.3) is 0 Å². The Balaban J connectivity index is 2.66. The zero-order valence-corrected chi connectivity index (χ0v) is 12.7. The second-order valence-corrected chi connectivity index (χ2v) is 5.47. The number of carbonyl (C=O) groups excluding carboxylic acids is 1. The van der Waals surface area contributed by atoms with Gasteiger partial charge in [0.15, 0.2) is 0 Å². The first-order valence-corrected chi connectivity index (χ1v) is 7.01. The van der Waals surface area contributed by atoms with E-state index in [4.69, 9.17) is 5.11 Å². The second-order valence-electron chi connectivity index (χ2n) is 4.55. The maximum Gasteiger partial charge on any atom is 0.308 e. The minimum absolute atomic E-state index is 0.160. The molecule has 0 radical (unpaired) electrons. The normalized spacial score (nSPS) is 11.9. The van der Waals surface area contributed by atoms with Gasteiger partial charge in [0.05, 0.1) is 5.92 Å². The summed E-state index contributed by atoms with van der Waals surface area (Å²) >= 11 is 3.34. The number of carbonyl (C=O) groups is 2. The molecule has 4 nitrogen and oxygen atoms in total. The summed E-state index contributed by atoms with van der Waals surface area (Å²) in [6.07, 6.45) is 1.34. The fourth-order valence-corrected chi connectivity index (χ4v) is 2.45. The third-order valence-electron chi connectivity index (χ3n) is 2.80. The predicted molar refractivity (Wildman–Crippen MR) is 77.2 cm³/mol. The van der Waals surface area contributed by atoms with Crippen LogP contribution in [0.1, 0.15) is 35.7 Å². The molecular weight excluding hydrogens is 310 g/mol. The number of benzene rings is 1. The number of carboxylic acid groups (broad SMARTS) is 1. The molecule has 0 fully saturated rings. The predicted octanol–water partition coefficient (Wildman–Crippen LogP) is 2.99. The van der Waals surface area contributed by atoms with Crippen molar-refractivity contribution >= 4 is 27.8 Å². The molecule has 0 bridgehead atoms. The number of amides is 1. The van der Waals surface area contributed by atoms with E-state index >= 15 is 0 Å². The van der Waals surface area contributed by atoms with E-state index in [-0.39, 0.29) is 12.5 Å². The molecule has 0 saturated carbocycles. The molecule has 2 N–H and O–H groups in total. The minimum atomic E-state index is -0.868. The van der Waals surface area contributed by atoms with Gasteiger partial charge in [0, 0.05) is 16.6 Å². The van der Waals surface area contributed by atoms with Crippen LogP contribution >= 0.6 is 15.9 Å². The number of hydrogen-bond donors (Lipinski definition) is 2. The van der Waals surface area contributed by atoms with Gasteiger partial charge < -0.3 is 10.4 Å². The van der Waals surface area contributed by atoms with Gasteiger partial charge in [0.2, 0.25) is 0 Å². The van der Waals surface area contributed by atoms with E-state index in [1.54, 1.807) is 12.1 Å². The molecule has 1 unspecified atom stereocenters. The van der Waals surface area contributed by atoms with Crippen LogP contribution in [0.5, 0.6) is 0 Å². The molecule has 0 saturated heterocycles. The summed E-state index contributed by atoms with van der Waals surface area (Å²) in [4.78, 5) is 22.9. The molecule has 1 rings (SSSR count). The Morgan fingerprint density at radius 3 is 2.58 bits per heavy atom. The zero-order chi connectivity index (χ0) is 14.4. The van der Waals surface area contributed by atoms with Crippen LogP contribution in [-0.4, -0.2) is 23.5 Å². The van der Waals surface area contributed by atoms with Crippen molar-refractivity contribution in [3.8, 4) is 0 Å². The van der Waals surface area contributed by atoms with Gasteiger partial charge >= 0.3 is 5.97 Å². The number of nitrogens with one attached hydrogen (secondary N) is 1. The lowest BCUT2D eigenvalue weighted by molar-refractivity contribution is -0.141. The number of aliphatic carboxylic acids is 1. The lowest BCUT2D eigenvalue weighted by atomic mass is 10.0. The zero-order valence-electron chi connectivity index (χ0n) is 11.1. The SMILES string of the molecule is CCCC(CNC(=O)c1cc(C)cc(Br)c1)C(=O)O. The van der Waals surface area contributed by atoms with Gasteiger partial charge in [0.25, 0.3) is 5.91 Å². The van der Waals surface area contributed by atoms with Gasteiger partial charge in [-0.3, -0.25) is 9.59 Å². The van der Waals surface area contributed by atoms with Gasteiger partial charge in [0.1, 0.15) is 0 Å². The van der Waals surface area contributed by atoms with Gasteiger partial charge in [-0.2, -0.15) is 0 Å². The second kappa shape index (κ2) is 7.28. The first-order chi connectivity index (χ1) is 8.93. The van der Waals surface area contributed by atoms with E-state index in [1.807, 2.05) is 19.9 Å². The van der Waals surface area contributed by atoms with Crippen molar-refractivity contribution in [1.29, 1.82) is 0 Å². The van der Waals surface area contributed by atoms with Gasteiger partial charge in [-0.1, -0.05) is 29.3 Å². The lowest BCUT2D eigenvalue weighted by Gasteiger charge is -2.12. The van der Waals surface area contributed by atoms with Crippen molar-refractivity contribution in [2.45, 2.75) is 26.7 Å². The molecule has 0 heterocycles. The fraction of sp³-hybridized carbons (Fsp3) is 0.429. The topological polar surface area (TPSA) is 66.4 Å². The van der Waals surface area contributed by atoms with Crippen LogP contribution in [0.4, 0.5) is 0 Å². The monoisotopic (exact) mass is 327 g/mol. The van der Waals surface area contributed by atoms with Gasteiger partial charge in [-0.25, -0.2) is 0 Å². The molecule has 0 aliphatic rings. The van der Waals surface area contributed by atoms with E-state index in [9.17, 15) is 9.59 Å². The molecule has 19 heavy (non-hydrogen) atoms. The summed E-state index contributed by atoms with van der Waals surface area (Å²) in [7, 11) is 0. The minimum Gasteiger partial charge on any atom is -0.481 e. The van der Waals surface area contributed by atoms with E-state index in [1.165, 1.54) is 0 Å². The summed E-state index contributed by atoms with van der Waals surface area (Å²) in [5.41, 5.74) is 1.51. The van der Waals surface area contributed by atoms with Crippen molar-refractivity contribution < 1.29 is 14.7 Å². The highest BCUT2D eigenvalue weighted by Crippen LogP contribution is 2.15.